The number of rotatable bonds is 9. The molecule has 1 heterocycles. The molecule has 3 rings (SSSR count). The Morgan fingerprint density at radius 3 is 2.50 bits per heavy atom. The smallest absolute Gasteiger partial charge is 0.251 e. The topological polar surface area (TPSA) is 84.5 Å². The molecule has 0 bridgehead atoms. The maximum absolute atomic E-state index is 12.3. The Kier molecular flexibility index (Phi) is 7.19. The van der Waals surface area contributed by atoms with Crippen molar-refractivity contribution >= 4 is 15.9 Å². The highest BCUT2D eigenvalue weighted by Gasteiger charge is 2.20. The minimum Gasteiger partial charge on any atom is -0.377 e. The van der Waals surface area contributed by atoms with Crippen LogP contribution >= 0.6 is 0 Å². The van der Waals surface area contributed by atoms with Gasteiger partial charge in [-0.05, 0) is 55.5 Å². The summed E-state index contributed by atoms with van der Waals surface area (Å²) in [4.78, 5) is 12.4. The second-order valence-electron chi connectivity index (χ2n) is 6.86. The number of nitrogens with one attached hydrogen (secondary N) is 2. The summed E-state index contributed by atoms with van der Waals surface area (Å²) < 4.78 is 32.7. The van der Waals surface area contributed by atoms with Gasteiger partial charge in [-0.15, -0.1) is 0 Å². The molecule has 7 heteroatoms. The molecule has 0 aliphatic carbocycles. The number of aryl methyl sites for hydroxylation is 1. The lowest BCUT2D eigenvalue weighted by Gasteiger charge is -2.12. The Balaban J connectivity index is 1.46. The van der Waals surface area contributed by atoms with Gasteiger partial charge in [0.25, 0.3) is 5.91 Å². The first kappa shape index (κ1) is 20.5. The van der Waals surface area contributed by atoms with Gasteiger partial charge in [0.05, 0.1) is 11.0 Å². The van der Waals surface area contributed by atoms with Gasteiger partial charge >= 0.3 is 0 Å². The normalized spacial score (nSPS) is 16.8. The molecule has 1 aliphatic rings. The Labute approximate surface area is 166 Å². The average Bonchev–Trinajstić information content (AvgIpc) is 3.24. The molecule has 28 heavy (non-hydrogen) atoms. The molecule has 1 fully saturated rings. The van der Waals surface area contributed by atoms with Crippen molar-refractivity contribution in [2.45, 2.75) is 36.7 Å². The molecular weight excluding hydrogens is 376 g/mol. The molecule has 1 amide bonds. The van der Waals surface area contributed by atoms with E-state index in [9.17, 15) is 13.2 Å². The van der Waals surface area contributed by atoms with E-state index in [0.717, 1.165) is 25.7 Å². The summed E-state index contributed by atoms with van der Waals surface area (Å²) in [5.41, 5.74) is 1.68. The summed E-state index contributed by atoms with van der Waals surface area (Å²) in [6.45, 7) is 1.52. The van der Waals surface area contributed by atoms with Crippen LogP contribution in [0.1, 0.15) is 35.2 Å². The number of ether oxygens (including phenoxy) is 1. The number of sulfonamides is 1. The molecule has 6 nitrogen and oxygen atoms in total. The first-order valence-corrected chi connectivity index (χ1v) is 11.1. The van der Waals surface area contributed by atoms with E-state index in [4.69, 9.17) is 4.74 Å². The monoisotopic (exact) mass is 402 g/mol. The number of hydrogen-bond acceptors (Lipinski definition) is 4. The van der Waals surface area contributed by atoms with Crippen molar-refractivity contribution in [1.29, 1.82) is 0 Å². The molecule has 2 N–H and O–H groups in total. The maximum Gasteiger partial charge on any atom is 0.251 e. The standard InChI is InChI=1S/C21H26N2O4S/c24-21(22-14-4-8-17-6-2-1-3-7-17)18-10-12-20(13-11-18)28(25,26)23-16-19-9-5-15-27-19/h1-3,6-7,10-13,19,23H,4-5,8-9,14-16H2,(H,22,24). The van der Waals surface area contributed by atoms with Gasteiger partial charge in [-0.25, -0.2) is 13.1 Å². The average molecular weight is 403 g/mol. The number of amides is 1. The van der Waals surface area contributed by atoms with Crippen LogP contribution in [-0.4, -0.2) is 40.1 Å². The van der Waals surface area contributed by atoms with E-state index in [-0.39, 0.29) is 23.5 Å². The maximum atomic E-state index is 12.3. The number of carbonyl (C=O) groups is 1. The first-order valence-electron chi connectivity index (χ1n) is 9.58. The largest absolute Gasteiger partial charge is 0.377 e. The second-order valence-corrected chi connectivity index (χ2v) is 8.62. The van der Waals surface area contributed by atoms with E-state index in [1.807, 2.05) is 18.2 Å². The fourth-order valence-corrected chi connectivity index (χ4v) is 4.18. The lowest BCUT2D eigenvalue weighted by Crippen LogP contribution is -2.32. The van der Waals surface area contributed by atoms with Gasteiger partial charge < -0.3 is 10.1 Å². The molecule has 1 aliphatic heterocycles. The minimum absolute atomic E-state index is 0.0595. The predicted octanol–water partition coefficient (Wildman–Crippen LogP) is 2.51. The highest BCUT2D eigenvalue weighted by atomic mass is 32.2. The highest BCUT2D eigenvalue weighted by Crippen LogP contribution is 2.14. The van der Waals surface area contributed by atoms with Gasteiger partial charge in [-0.1, -0.05) is 30.3 Å². The third-order valence-corrected chi connectivity index (χ3v) is 6.16. The van der Waals surface area contributed by atoms with Crippen LogP contribution < -0.4 is 10.0 Å². The van der Waals surface area contributed by atoms with Crippen molar-refractivity contribution in [3.8, 4) is 0 Å². The zero-order chi connectivity index (χ0) is 19.8. The predicted molar refractivity (Wildman–Crippen MR) is 108 cm³/mol. The van der Waals surface area contributed by atoms with Crippen LogP contribution in [0.15, 0.2) is 59.5 Å². The van der Waals surface area contributed by atoms with Gasteiger partial charge in [0.1, 0.15) is 0 Å². The Bertz CT molecular complexity index is 861. The van der Waals surface area contributed by atoms with Gasteiger partial charge in [-0.2, -0.15) is 0 Å². The van der Waals surface area contributed by atoms with Crippen molar-refractivity contribution in [2.75, 3.05) is 19.7 Å². The Hall–Kier alpha value is -2.22. The number of benzene rings is 2. The van der Waals surface area contributed by atoms with Crippen molar-refractivity contribution in [3.05, 3.63) is 65.7 Å². The van der Waals surface area contributed by atoms with Gasteiger partial charge in [0.2, 0.25) is 10.0 Å². The molecule has 0 spiro atoms. The van der Waals surface area contributed by atoms with Crippen molar-refractivity contribution in [1.82, 2.24) is 10.0 Å². The minimum atomic E-state index is -3.60. The van der Waals surface area contributed by atoms with Crippen LogP contribution in [0.5, 0.6) is 0 Å². The molecule has 2 aromatic carbocycles. The van der Waals surface area contributed by atoms with Crippen molar-refractivity contribution in [3.63, 3.8) is 0 Å². The second kappa shape index (κ2) is 9.82. The molecule has 0 saturated carbocycles. The lowest BCUT2D eigenvalue weighted by atomic mass is 10.1. The summed E-state index contributed by atoms with van der Waals surface area (Å²) in [6, 6.07) is 16.1. The van der Waals surface area contributed by atoms with E-state index < -0.39 is 10.0 Å². The van der Waals surface area contributed by atoms with Gasteiger partial charge in [0.15, 0.2) is 0 Å². The molecular formula is C21H26N2O4S. The fourth-order valence-electron chi connectivity index (χ4n) is 3.12. The van der Waals surface area contributed by atoms with E-state index in [0.29, 0.717) is 18.7 Å². The summed E-state index contributed by atoms with van der Waals surface area (Å²) >= 11 is 0. The third kappa shape index (κ3) is 5.89. The Morgan fingerprint density at radius 1 is 1.07 bits per heavy atom. The quantitative estimate of drug-likeness (QED) is 0.631. The van der Waals surface area contributed by atoms with Gasteiger partial charge in [-0.3, -0.25) is 4.79 Å². The first-order chi connectivity index (χ1) is 13.5. The van der Waals surface area contributed by atoms with Crippen molar-refractivity contribution < 1.29 is 17.9 Å². The molecule has 0 radical (unpaired) electrons. The van der Waals surface area contributed by atoms with E-state index in [1.54, 1.807) is 0 Å². The van der Waals surface area contributed by atoms with Crippen molar-refractivity contribution in [2.24, 2.45) is 0 Å². The molecule has 1 unspecified atom stereocenters. The van der Waals surface area contributed by atoms with E-state index in [1.165, 1.54) is 29.8 Å². The highest BCUT2D eigenvalue weighted by molar-refractivity contribution is 7.89. The van der Waals surface area contributed by atoms with Gasteiger partial charge in [0, 0.05) is 25.3 Å². The molecule has 1 saturated heterocycles. The summed E-state index contributed by atoms with van der Waals surface area (Å²) in [5.74, 6) is -0.204. The SMILES string of the molecule is O=C(NCCCc1ccccc1)c1ccc(S(=O)(=O)NCC2CCCO2)cc1. The fraction of sp³-hybridized carbons (Fsp3) is 0.381. The van der Waals surface area contributed by atoms with E-state index >= 15 is 0 Å². The molecule has 1 atom stereocenters. The summed E-state index contributed by atoms with van der Waals surface area (Å²) in [5, 5.41) is 2.87. The van der Waals surface area contributed by atoms with Crippen LogP contribution in [0.2, 0.25) is 0 Å². The van der Waals surface area contributed by atoms with Crippen LogP contribution in [0, 0.1) is 0 Å². The number of carbonyl (C=O) groups excluding carboxylic acids is 1. The number of hydrogen-bond donors (Lipinski definition) is 2. The van der Waals surface area contributed by atoms with Crippen LogP contribution in [0.25, 0.3) is 0 Å². The third-order valence-electron chi connectivity index (χ3n) is 4.72. The van der Waals surface area contributed by atoms with Crippen LogP contribution in [0.3, 0.4) is 0 Å². The molecule has 150 valence electrons. The zero-order valence-electron chi connectivity index (χ0n) is 15.8. The van der Waals surface area contributed by atoms with E-state index in [2.05, 4.69) is 22.2 Å². The Morgan fingerprint density at radius 2 is 1.82 bits per heavy atom. The molecule has 2 aromatic rings. The summed E-state index contributed by atoms with van der Waals surface area (Å²) in [6.07, 6.45) is 3.51. The van der Waals surface area contributed by atoms with Crippen LogP contribution in [0.4, 0.5) is 0 Å². The molecule has 0 aromatic heterocycles. The zero-order valence-corrected chi connectivity index (χ0v) is 16.6. The summed E-state index contributed by atoms with van der Waals surface area (Å²) in [7, 11) is -3.60. The van der Waals surface area contributed by atoms with Crippen LogP contribution in [-0.2, 0) is 21.2 Å². The lowest BCUT2D eigenvalue weighted by molar-refractivity contribution is 0.0953.